The SMILES string of the molecule is CC(=O)c1ccc(S(=O)(=O)N2CCN(CC(=O)c3cc(C(N)=O)c(C)n3Cc3cccs3)CC2)cc1. The molecule has 36 heavy (non-hydrogen) atoms. The molecule has 9 nitrogen and oxygen atoms in total. The average Bonchev–Trinajstić information content (AvgIpc) is 3.48. The number of ketones is 2. The van der Waals surface area contributed by atoms with Crippen molar-refractivity contribution in [2.75, 3.05) is 32.7 Å². The third-order valence-corrected chi connectivity index (χ3v) is 9.18. The minimum atomic E-state index is -3.70. The third-order valence-electron chi connectivity index (χ3n) is 6.41. The summed E-state index contributed by atoms with van der Waals surface area (Å²) in [5.41, 5.74) is 7.36. The highest BCUT2D eigenvalue weighted by atomic mass is 32.2. The predicted molar refractivity (Wildman–Crippen MR) is 137 cm³/mol. The van der Waals surface area contributed by atoms with Crippen molar-refractivity contribution in [3.8, 4) is 0 Å². The Morgan fingerprint density at radius 2 is 1.69 bits per heavy atom. The van der Waals surface area contributed by atoms with Crippen molar-refractivity contribution in [1.29, 1.82) is 0 Å². The van der Waals surface area contributed by atoms with Crippen LogP contribution in [0.3, 0.4) is 0 Å². The van der Waals surface area contributed by atoms with Gasteiger partial charge in [-0.15, -0.1) is 11.3 Å². The molecule has 2 aromatic heterocycles. The maximum absolute atomic E-state index is 13.3. The number of nitrogens with two attached hydrogens (primary N) is 1. The number of primary amides is 1. The monoisotopic (exact) mass is 528 g/mol. The second kappa shape index (κ2) is 10.5. The van der Waals surface area contributed by atoms with Crippen LogP contribution in [0.2, 0.25) is 0 Å². The molecule has 0 spiro atoms. The van der Waals surface area contributed by atoms with Gasteiger partial charge in [0.1, 0.15) is 0 Å². The van der Waals surface area contributed by atoms with Gasteiger partial charge in [0.05, 0.1) is 29.2 Å². The van der Waals surface area contributed by atoms with Gasteiger partial charge >= 0.3 is 0 Å². The minimum Gasteiger partial charge on any atom is -0.366 e. The van der Waals surface area contributed by atoms with Gasteiger partial charge in [-0.3, -0.25) is 19.3 Å². The number of rotatable bonds is 9. The summed E-state index contributed by atoms with van der Waals surface area (Å²) in [5.74, 6) is -0.864. The van der Waals surface area contributed by atoms with Crippen molar-refractivity contribution in [2.24, 2.45) is 5.73 Å². The fraction of sp³-hybridized carbons (Fsp3) is 0.320. The lowest BCUT2D eigenvalue weighted by atomic mass is 10.2. The average molecular weight is 529 g/mol. The Hall–Kier alpha value is -3.12. The van der Waals surface area contributed by atoms with Gasteiger partial charge in [-0.2, -0.15) is 4.31 Å². The lowest BCUT2D eigenvalue weighted by Gasteiger charge is -2.33. The summed E-state index contributed by atoms with van der Waals surface area (Å²) in [5, 5.41) is 1.95. The van der Waals surface area contributed by atoms with Gasteiger partial charge in [-0.1, -0.05) is 18.2 Å². The van der Waals surface area contributed by atoms with E-state index >= 15 is 0 Å². The minimum absolute atomic E-state index is 0.104. The van der Waals surface area contributed by atoms with E-state index in [4.69, 9.17) is 5.73 Å². The quantitative estimate of drug-likeness (QED) is 0.426. The van der Waals surface area contributed by atoms with E-state index in [1.54, 1.807) is 24.3 Å². The number of nitrogens with zero attached hydrogens (tertiary/aromatic N) is 3. The van der Waals surface area contributed by atoms with E-state index in [2.05, 4.69) is 0 Å². The molecule has 1 saturated heterocycles. The van der Waals surface area contributed by atoms with Crippen LogP contribution in [0, 0.1) is 6.92 Å². The number of thiophene rings is 1. The molecule has 4 rings (SSSR count). The summed E-state index contributed by atoms with van der Waals surface area (Å²) in [7, 11) is -3.70. The summed E-state index contributed by atoms with van der Waals surface area (Å²) >= 11 is 1.57. The van der Waals surface area contributed by atoms with Crippen LogP contribution < -0.4 is 5.73 Å². The molecule has 3 aromatic rings. The topological polar surface area (TPSA) is 123 Å². The molecule has 1 aromatic carbocycles. The number of benzene rings is 1. The normalized spacial score (nSPS) is 15.2. The Labute approximate surface area is 214 Å². The summed E-state index contributed by atoms with van der Waals surface area (Å²) in [6, 6.07) is 11.4. The first-order valence-electron chi connectivity index (χ1n) is 11.5. The zero-order chi connectivity index (χ0) is 26.0. The number of Topliss-reactive ketones (excluding diaryl/α,β-unsaturated/α-hetero) is 2. The molecule has 0 bridgehead atoms. The molecule has 0 saturated carbocycles. The molecule has 1 aliphatic rings. The highest BCUT2D eigenvalue weighted by Crippen LogP contribution is 2.22. The van der Waals surface area contributed by atoms with Crippen LogP contribution in [-0.2, 0) is 16.6 Å². The largest absolute Gasteiger partial charge is 0.366 e. The summed E-state index contributed by atoms with van der Waals surface area (Å²) in [6.45, 7) is 5.04. The number of hydrogen-bond acceptors (Lipinski definition) is 7. The first kappa shape index (κ1) is 26.0. The second-order valence-corrected chi connectivity index (χ2v) is 11.7. The van der Waals surface area contributed by atoms with Crippen LogP contribution >= 0.6 is 11.3 Å². The fourth-order valence-corrected chi connectivity index (χ4v) is 6.43. The maximum Gasteiger partial charge on any atom is 0.250 e. The molecule has 0 unspecified atom stereocenters. The zero-order valence-corrected chi connectivity index (χ0v) is 21.8. The summed E-state index contributed by atoms with van der Waals surface area (Å²) in [4.78, 5) is 39.7. The number of sulfonamides is 1. The lowest BCUT2D eigenvalue weighted by Crippen LogP contribution is -2.49. The van der Waals surface area contributed by atoms with Crippen molar-refractivity contribution in [3.05, 3.63) is 75.2 Å². The van der Waals surface area contributed by atoms with Crippen molar-refractivity contribution < 1.29 is 22.8 Å². The van der Waals surface area contributed by atoms with Crippen LogP contribution in [0.4, 0.5) is 0 Å². The molecular weight excluding hydrogens is 500 g/mol. The van der Waals surface area contributed by atoms with E-state index in [9.17, 15) is 22.8 Å². The van der Waals surface area contributed by atoms with Crippen molar-refractivity contribution >= 4 is 38.8 Å². The molecule has 0 radical (unpaired) electrons. The number of carbonyl (C=O) groups is 3. The Bertz CT molecular complexity index is 1380. The van der Waals surface area contributed by atoms with Crippen LogP contribution in [0.15, 0.2) is 52.7 Å². The fourth-order valence-electron chi connectivity index (χ4n) is 4.31. The van der Waals surface area contributed by atoms with Crippen LogP contribution in [0.25, 0.3) is 0 Å². The Balaban J connectivity index is 1.44. The van der Waals surface area contributed by atoms with Gasteiger partial charge in [0, 0.05) is 42.3 Å². The van der Waals surface area contributed by atoms with Gasteiger partial charge in [0.15, 0.2) is 11.6 Å². The standard InChI is InChI=1S/C25H28N4O5S2/c1-17-22(25(26)32)14-23(29(17)15-20-4-3-13-35-20)24(31)16-27-9-11-28(12-10-27)36(33,34)21-7-5-19(6-8-21)18(2)30/h3-8,13-14H,9-12,15-16H2,1-2H3,(H2,26,32). The van der Waals surface area contributed by atoms with Gasteiger partial charge in [0.25, 0.3) is 5.91 Å². The molecule has 0 aliphatic carbocycles. The number of amides is 1. The first-order chi connectivity index (χ1) is 17.1. The molecule has 0 atom stereocenters. The zero-order valence-electron chi connectivity index (χ0n) is 20.1. The highest BCUT2D eigenvalue weighted by molar-refractivity contribution is 7.89. The van der Waals surface area contributed by atoms with Gasteiger partial charge < -0.3 is 10.3 Å². The van der Waals surface area contributed by atoms with Crippen LogP contribution in [0.5, 0.6) is 0 Å². The van der Waals surface area contributed by atoms with E-state index in [0.717, 1.165) is 4.88 Å². The van der Waals surface area contributed by atoms with E-state index in [0.29, 0.717) is 42.1 Å². The Morgan fingerprint density at radius 3 is 2.25 bits per heavy atom. The highest BCUT2D eigenvalue weighted by Gasteiger charge is 2.30. The van der Waals surface area contributed by atoms with E-state index in [1.807, 2.05) is 27.0 Å². The molecule has 3 heterocycles. The van der Waals surface area contributed by atoms with Gasteiger partial charge in [-0.25, -0.2) is 8.42 Å². The number of aromatic nitrogens is 1. The van der Waals surface area contributed by atoms with Crippen molar-refractivity contribution in [2.45, 2.75) is 25.3 Å². The molecule has 190 valence electrons. The van der Waals surface area contributed by atoms with Crippen LogP contribution in [0.1, 0.15) is 48.7 Å². The predicted octanol–water partition coefficient (Wildman–Crippen LogP) is 2.40. The molecule has 2 N–H and O–H groups in total. The maximum atomic E-state index is 13.3. The second-order valence-electron chi connectivity index (χ2n) is 8.74. The molecule has 1 fully saturated rings. The third kappa shape index (κ3) is 5.34. The molecular formula is C25H28N4O5S2. The van der Waals surface area contributed by atoms with Crippen molar-refractivity contribution in [1.82, 2.24) is 13.8 Å². The van der Waals surface area contributed by atoms with Crippen LogP contribution in [-0.4, -0.2) is 72.4 Å². The lowest BCUT2D eigenvalue weighted by molar-refractivity contribution is 0.0892. The number of carbonyl (C=O) groups excluding carboxylic acids is 3. The molecule has 11 heteroatoms. The number of piperazine rings is 1. The van der Waals surface area contributed by atoms with E-state index < -0.39 is 15.9 Å². The van der Waals surface area contributed by atoms with Gasteiger partial charge in [0.2, 0.25) is 10.0 Å². The van der Waals surface area contributed by atoms with Crippen molar-refractivity contribution in [3.63, 3.8) is 0 Å². The van der Waals surface area contributed by atoms with E-state index in [1.165, 1.54) is 35.5 Å². The summed E-state index contributed by atoms with van der Waals surface area (Å²) in [6.07, 6.45) is 0. The molecule has 1 amide bonds. The smallest absolute Gasteiger partial charge is 0.250 e. The molecule has 1 aliphatic heterocycles. The Kier molecular flexibility index (Phi) is 7.55. The summed E-state index contributed by atoms with van der Waals surface area (Å²) < 4.78 is 29.3. The Morgan fingerprint density at radius 1 is 1.03 bits per heavy atom. The number of hydrogen-bond donors (Lipinski definition) is 1. The van der Waals surface area contributed by atoms with E-state index in [-0.39, 0.29) is 36.1 Å². The van der Waals surface area contributed by atoms with Gasteiger partial charge in [-0.05, 0) is 43.5 Å². The first-order valence-corrected chi connectivity index (χ1v) is 13.8.